The van der Waals surface area contributed by atoms with E-state index in [2.05, 4.69) is 80.7 Å². The van der Waals surface area contributed by atoms with Crippen LogP contribution in [0.5, 0.6) is 0 Å². The van der Waals surface area contributed by atoms with Crippen molar-refractivity contribution in [2.24, 2.45) is 0 Å². The van der Waals surface area contributed by atoms with E-state index in [-0.39, 0.29) is 0 Å². The fourth-order valence-corrected chi connectivity index (χ4v) is 4.98. The Morgan fingerprint density at radius 3 is 1.86 bits per heavy atom. The molecular weight excluding hydrogens is 284 g/mol. The molecule has 0 aromatic heterocycles. The standard InChI is InChI=1S/C20H28OSi/c1-18(14-15-19-10-6-4-7-11-19)21-22(2,3)17-16-20-12-8-5-9-13-20/h4-13,18H,14-17H2,1-3H3. The molecule has 0 amide bonds. The monoisotopic (exact) mass is 312 g/mol. The predicted octanol–water partition coefficient (Wildman–Crippen LogP) is 5.47. The molecule has 1 unspecified atom stereocenters. The maximum absolute atomic E-state index is 6.42. The Hall–Kier alpha value is -1.38. The van der Waals surface area contributed by atoms with Gasteiger partial charge >= 0.3 is 0 Å². The fourth-order valence-electron chi connectivity index (χ4n) is 2.77. The molecule has 2 heteroatoms. The van der Waals surface area contributed by atoms with Crippen molar-refractivity contribution in [1.29, 1.82) is 0 Å². The van der Waals surface area contributed by atoms with Crippen LogP contribution in [0.4, 0.5) is 0 Å². The average Bonchev–Trinajstić information content (AvgIpc) is 2.53. The van der Waals surface area contributed by atoms with Gasteiger partial charge in [0.25, 0.3) is 0 Å². The first-order chi connectivity index (χ1) is 10.6. The SMILES string of the molecule is CC(CCc1ccccc1)O[Si](C)(C)CCc1ccccc1. The minimum Gasteiger partial charge on any atom is -0.415 e. The zero-order valence-corrected chi connectivity index (χ0v) is 15.1. The first kappa shape index (κ1) is 17.0. The first-order valence-corrected chi connectivity index (χ1v) is 11.4. The number of benzene rings is 2. The van der Waals surface area contributed by atoms with Crippen LogP contribution >= 0.6 is 0 Å². The van der Waals surface area contributed by atoms with Crippen molar-refractivity contribution in [3.8, 4) is 0 Å². The van der Waals surface area contributed by atoms with Crippen LogP contribution in [0.15, 0.2) is 60.7 Å². The summed E-state index contributed by atoms with van der Waals surface area (Å²) < 4.78 is 6.42. The summed E-state index contributed by atoms with van der Waals surface area (Å²) in [7, 11) is -1.59. The highest BCUT2D eigenvalue weighted by Crippen LogP contribution is 2.19. The highest BCUT2D eigenvalue weighted by Gasteiger charge is 2.24. The predicted molar refractivity (Wildman–Crippen MR) is 97.7 cm³/mol. The van der Waals surface area contributed by atoms with E-state index in [1.54, 1.807) is 0 Å². The number of hydrogen-bond acceptors (Lipinski definition) is 1. The molecule has 1 nitrogen and oxygen atoms in total. The van der Waals surface area contributed by atoms with Crippen molar-refractivity contribution in [2.75, 3.05) is 0 Å². The van der Waals surface area contributed by atoms with Crippen molar-refractivity contribution in [3.63, 3.8) is 0 Å². The van der Waals surface area contributed by atoms with Crippen molar-refractivity contribution >= 4 is 8.32 Å². The van der Waals surface area contributed by atoms with Crippen LogP contribution in [0.1, 0.15) is 24.5 Å². The van der Waals surface area contributed by atoms with Crippen molar-refractivity contribution < 1.29 is 4.43 Å². The summed E-state index contributed by atoms with van der Waals surface area (Å²) in [5.41, 5.74) is 2.82. The van der Waals surface area contributed by atoms with Gasteiger partial charge in [-0.15, -0.1) is 0 Å². The maximum atomic E-state index is 6.42. The summed E-state index contributed by atoms with van der Waals surface area (Å²) in [4.78, 5) is 0. The number of aryl methyl sites for hydroxylation is 2. The van der Waals surface area contributed by atoms with E-state index in [9.17, 15) is 0 Å². The second-order valence-corrected chi connectivity index (χ2v) is 11.0. The van der Waals surface area contributed by atoms with E-state index in [0.29, 0.717) is 6.10 Å². The molecule has 0 spiro atoms. The molecule has 2 aromatic rings. The van der Waals surface area contributed by atoms with Crippen molar-refractivity contribution in [3.05, 3.63) is 71.8 Å². The molecule has 0 fully saturated rings. The van der Waals surface area contributed by atoms with Crippen LogP contribution < -0.4 is 0 Å². The molecule has 0 saturated carbocycles. The minimum absolute atomic E-state index is 0.345. The largest absolute Gasteiger partial charge is 0.415 e. The van der Waals surface area contributed by atoms with Gasteiger partial charge in [-0.05, 0) is 56.5 Å². The van der Waals surface area contributed by atoms with Gasteiger partial charge in [-0.1, -0.05) is 60.7 Å². The van der Waals surface area contributed by atoms with Gasteiger partial charge in [0.2, 0.25) is 0 Å². The summed E-state index contributed by atoms with van der Waals surface area (Å²) in [6.07, 6.45) is 3.68. The Morgan fingerprint density at radius 2 is 1.32 bits per heavy atom. The second kappa shape index (κ2) is 8.30. The van der Waals surface area contributed by atoms with E-state index in [4.69, 9.17) is 4.43 Å². The lowest BCUT2D eigenvalue weighted by atomic mass is 10.1. The summed E-state index contributed by atoms with van der Waals surface area (Å²) in [5.74, 6) is 0. The summed E-state index contributed by atoms with van der Waals surface area (Å²) in [5, 5.41) is 0. The minimum atomic E-state index is -1.59. The third-order valence-electron chi connectivity index (χ3n) is 4.06. The molecule has 0 aliphatic rings. The third-order valence-corrected chi connectivity index (χ3v) is 6.56. The lowest BCUT2D eigenvalue weighted by Crippen LogP contribution is -2.35. The quantitative estimate of drug-likeness (QED) is 0.587. The molecule has 0 aliphatic carbocycles. The molecule has 0 aliphatic heterocycles. The van der Waals surface area contributed by atoms with E-state index < -0.39 is 8.32 Å². The molecule has 0 heterocycles. The lowest BCUT2D eigenvalue weighted by Gasteiger charge is -2.27. The van der Waals surface area contributed by atoms with Gasteiger partial charge in [0.15, 0.2) is 8.32 Å². The number of rotatable bonds is 8. The van der Waals surface area contributed by atoms with Gasteiger partial charge < -0.3 is 4.43 Å². The van der Waals surface area contributed by atoms with Crippen LogP contribution in [0.25, 0.3) is 0 Å². The Kier molecular flexibility index (Phi) is 6.41. The van der Waals surface area contributed by atoms with E-state index in [1.807, 2.05) is 0 Å². The summed E-state index contributed by atoms with van der Waals surface area (Å²) in [6, 6.07) is 22.6. The Balaban J connectivity index is 1.75. The van der Waals surface area contributed by atoms with Gasteiger partial charge in [-0.3, -0.25) is 0 Å². The third kappa shape index (κ3) is 6.16. The zero-order chi connectivity index (χ0) is 15.8. The number of hydrogen-bond donors (Lipinski definition) is 0. The zero-order valence-electron chi connectivity index (χ0n) is 14.1. The molecule has 0 bridgehead atoms. The molecule has 2 rings (SSSR count). The Bertz CT molecular complexity index is 536. The van der Waals surface area contributed by atoms with Crippen LogP contribution in [0.3, 0.4) is 0 Å². The average molecular weight is 313 g/mol. The molecule has 22 heavy (non-hydrogen) atoms. The maximum Gasteiger partial charge on any atom is 0.187 e. The van der Waals surface area contributed by atoms with E-state index >= 15 is 0 Å². The second-order valence-electron chi connectivity index (χ2n) is 6.70. The van der Waals surface area contributed by atoms with Crippen LogP contribution in [0.2, 0.25) is 19.1 Å². The van der Waals surface area contributed by atoms with Gasteiger partial charge in [0.1, 0.15) is 0 Å². The van der Waals surface area contributed by atoms with Gasteiger partial charge in [0, 0.05) is 6.10 Å². The van der Waals surface area contributed by atoms with E-state index in [1.165, 1.54) is 17.2 Å². The first-order valence-electron chi connectivity index (χ1n) is 8.31. The van der Waals surface area contributed by atoms with E-state index in [0.717, 1.165) is 19.3 Å². The van der Waals surface area contributed by atoms with Gasteiger partial charge in [0.05, 0.1) is 0 Å². The van der Waals surface area contributed by atoms with Gasteiger partial charge in [-0.2, -0.15) is 0 Å². The Labute approximate surface area is 136 Å². The molecule has 0 radical (unpaired) electrons. The van der Waals surface area contributed by atoms with Crippen molar-refractivity contribution in [1.82, 2.24) is 0 Å². The van der Waals surface area contributed by atoms with Crippen LogP contribution in [0, 0.1) is 0 Å². The topological polar surface area (TPSA) is 9.23 Å². The lowest BCUT2D eigenvalue weighted by molar-refractivity contribution is 0.200. The molecule has 0 saturated heterocycles. The summed E-state index contributed by atoms with van der Waals surface area (Å²) in [6.45, 7) is 6.91. The van der Waals surface area contributed by atoms with Gasteiger partial charge in [-0.25, -0.2) is 0 Å². The fraction of sp³-hybridized carbons (Fsp3) is 0.400. The molecule has 1 atom stereocenters. The highest BCUT2D eigenvalue weighted by molar-refractivity contribution is 6.71. The van der Waals surface area contributed by atoms with Crippen molar-refractivity contribution in [2.45, 2.75) is 51.4 Å². The highest BCUT2D eigenvalue weighted by atomic mass is 28.4. The Morgan fingerprint density at radius 1 is 0.818 bits per heavy atom. The molecule has 118 valence electrons. The molecular formula is C20H28OSi. The van der Waals surface area contributed by atoms with Crippen LogP contribution in [-0.2, 0) is 17.3 Å². The smallest absolute Gasteiger partial charge is 0.187 e. The van der Waals surface area contributed by atoms with Crippen LogP contribution in [-0.4, -0.2) is 14.4 Å². The summed E-state index contributed by atoms with van der Waals surface area (Å²) >= 11 is 0. The molecule has 2 aromatic carbocycles. The molecule has 0 N–H and O–H groups in total. The normalized spacial score (nSPS) is 13.0.